The molecule has 12 aliphatic rings. The van der Waals surface area contributed by atoms with Gasteiger partial charge in [-0.3, -0.25) is 33.7 Å². The van der Waals surface area contributed by atoms with Crippen molar-refractivity contribution < 1.29 is 29.7 Å². The third kappa shape index (κ3) is 11.1. The lowest BCUT2D eigenvalue weighted by Gasteiger charge is -2.56. The Hall–Kier alpha value is -3.39. The molecule has 0 amide bonds. The Morgan fingerprint density at radius 1 is 0.466 bits per heavy atom. The minimum absolute atomic E-state index is 0.145. The second kappa shape index (κ2) is 23.6. The molecular formula is C75H107BrN6O6. The molecule has 0 aromatic carbocycles. The van der Waals surface area contributed by atoms with Gasteiger partial charge in [-0.25, -0.2) is 0 Å². The Bertz CT molecular complexity index is 3180. The second-order valence-corrected chi connectivity index (χ2v) is 34.6. The van der Waals surface area contributed by atoms with Crippen LogP contribution in [0.3, 0.4) is 0 Å². The monoisotopic (exact) mass is 1270 g/mol. The number of rotatable bonds is 8. The number of alkyl halides is 1. The number of Topliss-reactive ketones (excluding diaryl/α,β-unsaturated/α-hetero) is 3. The first-order valence-corrected chi connectivity index (χ1v) is 37.0. The van der Waals surface area contributed by atoms with Crippen LogP contribution in [-0.4, -0.2) is 84.3 Å². The van der Waals surface area contributed by atoms with Crippen molar-refractivity contribution in [3.05, 3.63) is 49.3 Å². The van der Waals surface area contributed by atoms with Gasteiger partial charge in [-0.15, -0.1) is 0 Å². The van der Waals surface area contributed by atoms with Gasteiger partial charge in [0, 0.05) is 47.1 Å². The summed E-state index contributed by atoms with van der Waals surface area (Å²) in [6, 6.07) is 3.91. The van der Waals surface area contributed by atoms with Crippen molar-refractivity contribution in [2.75, 3.05) is 5.33 Å². The lowest BCUT2D eigenvalue weighted by atomic mass is 9.49. The van der Waals surface area contributed by atoms with Gasteiger partial charge in [0.05, 0.1) is 52.8 Å². The number of carbonyl (C=O) groups excluding carboxylic acids is 3. The fourth-order valence-electron chi connectivity index (χ4n) is 25.5. The highest BCUT2D eigenvalue weighted by molar-refractivity contribution is 9.09. The van der Waals surface area contributed by atoms with Crippen LogP contribution in [0.1, 0.15) is 215 Å². The number of aliphatic hydroxyl groups is 3. The Balaban J connectivity index is 0.000000117. The molecule has 0 spiro atoms. The molecule has 0 unspecified atom stereocenters. The molecular weight excluding hydrogens is 1160 g/mol. The molecule has 4 heterocycles. The highest BCUT2D eigenvalue weighted by Gasteiger charge is 2.62. The van der Waals surface area contributed by atoms with Crippen LogP contribution < -0.4 is 0 Å². The molecule has 4 aromatic rings. The molecule has 4 aromatic heterocycles. The molecule has 0 aliphatic heterocycles. The first-order valence-electron chi connectivity index (χ1n) is 35.9. The van der Waals surface area contributed by atoms with Gasteiger partial charge in [0.15, 0.2) is 11.6 Å². The Labute approximate surface area is 533 Å². The van der Waals surface area contributed by atoms with Crippen molar-refractivity contribution in [1.82, 2.24) is 29.5 Å². The molecule has 0 radical (unpaired) electrons. The quantitative estimate of drug-likeness (QED) is 0.144. The number of hydrogen-bond acceptors (Lipinski definition) is 10. The average Bonchev–Trinajstić information content (AvgIpc) is 1.52. The molecule has 16 rings (SSSR count). The van der Waals surface area contributed by atoms with Gasteiger partial charge < -0.3 is 15.3 Å². The number of hydrogen-bond donors (Lipinski definition) is 3. The summed E-state index contributed by atoms with van der Waals surface area (Å²) < 4.78 is 3.68. The summed E-state index contributed by atoms with van der Waals surface area (Å²) in [5, 5.41) is 43.4. The summed E-state index contributed by atoms with van der Waals surface area (Å²) in [5.41, 5.74) is 1.06. The Morgan fingerprint density at radius 2 is 0.875 bits per heavy atom. The van der Waals surface area contributed by atoms with E-state index >= 15 is 0 Å². The minimum Gasteiger partial charge on any atom is -0.390 e. The molecule has 12 nitrogen and oxygen atoms in total. The summed E-state index contributed by atoms with van der Waals surface area (Å²) in [6.07, 6.45) is 42.8. The summed E-state index contributed by atoms with van der Waals surface area (Å²) >= 11 is 3.42. The summed E-state index contributed by atoms with van der Waals surface area (Å²) in [6.45, 7) is 14.2. The van der Waals surface area contributed by atoms with Gasteiger partial charge in [-0.05, 0) is 311 Å². The highest BCUT2D eigenvalue weighted by atomic mass is 79.9. The minimum atomic E-state index is -0.450. The zero-order valence-corrected chi connectivity index (χ0v) is 55.9. The Morgan fingerprint density at radius 3 is 1.32 bits per heavy atom. The van der Waals surface area contributed by atoms with Crippen molar-refractivity contribution in [1.29, 1.82) is 0 Å². The number of aromatic nitrogens is 6. The summed E-state index contributed by atoms with van der Waals surface area (Å²) in [4.78, 5) is 47.9. The number of pyridine rings is 2. The fourth-order valence-corrected chi connectivity index (χ4v) is 25.9. The molecule has 0 bridgehead atoms. The summed E-state index contributed by atoms with van der Waals surface area (Å²) in [7, 11) is 0. The average molecular weight is 1270 g/mol. The van der Waals surface area contributed by atoms with E-state index < -0.39 is 16.8 Å². The number of halogens is 1. The van der Waals surface area contributed by atoms with Crippen molar-refractivity contribution in [2.24, 2.45) is 123 Å². The van der Waals surface area contributed by atoms with Gasteiger partial charge in [0.1, 0.15) is 17.8 Å². The van der Waals surface area contributed by atoms with Gasteiger partial charge in [0.25, 0.3) is 0 Å². The number of carbonyl (C=O) groups is 3. The predicted octanol–water partition coefficient (Wildman–Crippen LogP) is 15.0. The van der Waals surface area contributed by atoms with Crippen LogP contribution in [-0.2, 0) is 27.5 Å². The number of nitrogens with zero attached hydrogens (tertiary/aromatic N) is 6. The maximum Gasteiger partial charge on any atom is 0.157 e. The SMILES string of the molecule is C[C@@]1(O)CC[C@H]2[C@H](CC[C@@H]3[C@@H]2CC[C@]2(C)[C@@H](C(=O)CBr)CC[C@@H]32)C1.C[C@@]1(O)CC[C@H]2[C@H](CC[C@@H]3[C@@H]2CC[C@]2(C)[C@@H](C(=O)Cn4cc5ccncc5n4)CC[C@@H]32)C1.C[C@@]1(O)CC[C@H]2[C@H](CC[C@@H]3[C@@H]2CC[C@]2(C)[C@@H](C(=O)Cn4ncc5ccncc54)CC[C@@H]32)C1. The fraction of sp³-hybridized carbons (Fsp3) is 0.800. The van der Waals surface area contributed by atoms with Crippen molar-refractivity contribution >= 4 is 55.1 Å². The maximum absolute atomic E-state index is 13.6. The molecule has 0 saturated heterocycles. The van der Waals surface area contributed by atoms with Gasteiger partial charge in [-0.1, -0.05) is 36.7 Å². The van der Waals surface area contributed by atoms with Crippen molar-refractivity contribution in [3.8, 4) is 0 Å². The van der Waals surface area contributed by atoms with Crippen LogP contribution in [0, 0.1) is 123 Å². The lowest BCUT2D eigenvalue weighted by Crippen LogP contribution is -2.51. The van der Waals surface area contributed by atoms with Crippen molar-refractivity contribution in [2.45, 2.75) is 245 Å². The Kier molecular flexibility index (Phi) is 16.6. The van der Waals surface area contributed by atoms with E-state index in [-0.39, 0.29) is 28.1 Å². The molecule has 88 heavy (non-hydrogen) atoms. The maximum atomic E-state index is 13.6. The van der Waals surface area contributed by atoms with E-state index in [0.29, 0.717) is 65.4 Å². The van der Waals surface area contributed by atoms with E-state index in [2.05, 4.69) is 56.9 Å². The smallest absolute Gasteiger partial charge is 0.157 e. The molecule has 480 valence electrons. The van der Waals surface area contributed by atoms with E-state index in [1.165, 1.54) is 116 Å². The van der Waals surface area contributed by atoms with Gasteiger partial charge in [-0.2, -0.15) is 10.2 Å². The van der Waals surface area contributed by atoms with E-state index in [4.69, 9.17) is 0 Å². The van der Waals surface area contributed by atoms with Gasteiger partial charge in [0.2, 0.25) is 0 Å². The first kappa shape index (κ1) is 62.1. The van der Waals surface area contributed by atoms with Crippen LogP contribution in [0.4, 0.5) is 0 Å². The third-order valence-electron chi connectivity index (χ3n) is 29.4. The highest BCUT2D eigenvalue weighted by Crippen LogP contribution is 2.68. The number of fused-ring (bicyclic) bond motifs is 17. The largest absolute Gasteiger partial charge is 0.390 e. The topological polar surface area (TPSA) is 173 Å². The van der Waals surface area contributed by atoms with Crippen LogP contribution in [0.5, 0.6) is 0 Å². The van der Waals surface area contributed by atoms with Crippen LogP contribution in [0.15, 0.2) is 49.3 Å². The molecule has 12 aliphatic carbocycles. The first-order chi connectivity index (χ1) is 42.1. The van der Waals surface area contributed by atoms with Crippen LogP contribution >= 0.6 is 15.9 Å². The van der Waals surface area contributed by atoms with Crippen LogP contribution in [0.25, 0.3) is 21.8 Å². The van der Waals surface area contributed by atoms with Crippen molar-refractivity contribution in [3.63, 3.8) is 0 Å². The lowest BCUT2D eigenvalue weighted by molar-refractivity contribution is -0.133. The third-order valence-corrected chi connectivity index (χ3v) is 30.0. The molecule has 24 atom stereocenters. The van der Waals surface area contributed by atoms with E-state index in [9.17, 15) is 29.7 Å². The zero-order valence-electron chi connectivity index (χ0n) is 54.4. The van der Waals surface area contributed by atoms with E-state index in [0.717, 1.165) is 145 Å². The van der Waals surface area contributed by atoms with E-state index in [1.54, 1.807) is 18.6 Å². The normalized spacial score (nSPS) is 46.3. The van der Waals surface area contributed by atoms with Crippen LogP contribution in [0.2, 0.25) is 0 Å². The second-order valence-electron chi connectivity index (χ2n) is 34.1. The standard InChI is InChI=1S/2C27H37N3O2.C21H33BrO2/c1-26(32)10-7-19-17(13-26)3-4-21-20(19)8-11-27(2)22(21)5-6-23(27)25(31)16-30-15-18-9-12-28-14-24(18)29-30;1-26(32)10-7-19-17(13-26)3-4-21-20(19)8-11-27(2)22(21)5-6-23(27)25(31)16-30-24-15-28-12-9-18(24)14-29-30;1-20(24)9-7-14-13(11-20)3-4-16-15(14)8-10-21(2)17(16)5-6-18(21)19(23)12-22/h2*9,12,14-15,17,19-23,32H,3-8,10-11,13,16H2,1-2H3;13-18,24H,3-12H2,1-2H3/t2*17-,19+,20-,21-,22+,23-,26-,27+;13-,14+,15-,16-,17+,18-,20-,21+/m111/s1. The zero-order chi connectivity index (χ0) is 61.3. The molecule has 12 fully saturated rings. The number of ketones is 3. The molecule has 13 heteroatoms. The summed E-state index contributed by atoms with van der Waals surface area (Å²) in [5.74, 6) is 13.5. The van der Waals surface area contributed by atoms with Gasteiger partial charge >= 0.3 is 0 Å². The molecule has 12 saturated carbocycles. The van der Waals surface area contributed by atoms with E-state index in [1.807, 2.05) is 60.9 Å². The predicted molar refractivity (Wildman–Crippen MR) is 348 cm³/mol. The molecule has 3 N–H and O–H groups in total.